The third kappa shape index (κ3) is 2.87. The molecule has 2 aromatic rings. The molecule has 0 fully saturated rings. The largest absolute Gasteiger partial charge is 0.447 e. The molecule has 2 aromatic heterocycles. The summed E-state index contributed by atoms with van der Waals surface area (Å²) in [6.45, 7) is 3.77. The molecule has 15 heavy (non-hydrogen) atoms. The van der Waals surface area contributed by atoms with Crippen molar-refractivity contribution in [3.05, 3.63) is 34.9 Å². The van der Waals surface area contributed by atoms with E-state index in [1.54, 1.807) is 17.5 Å². The lowest BCUT2D eigenvalue weighted by Crippen LogP contribution is -2.19. The van der Waals surface area contributed by atoms with Crippen LogP contribution in [0.3, 0.4) is 0 Å². The number of oxazole rings is 1. The van der Waals surface area contributed by atoms with Crippen molar-refractivity contribution in [2.45, 2.75) is 19.4 Å². The van der Waals surface area contributed by atoms with Crippen molar-refractivity contribution in [1.82, 2.24) is 15.3 Å². The second kappa shape index (κ2) is 5.04. The van der Waals surface area contributed by atoms with Gasteiger partial charge in [0, 0.05) is 24.0 Å². The smallest absolute Gasteiger partial charge is 0.180 e. The van der Waals surface area contributed by atoms with Gasteiger partial charge in [0.1, 0.15) is 5.76 Å². The average molecular weight is 223 g/mol. The highest BCUT2D eigenvalue weighted by Crippen LogP contribution is 2.16. The highest BCUT2D eigenvalue weighted by molar-refractivity contribution is 7.09. The maximum atomic E-state index is 5.12. The summed E-state index contributed by atoms with van der Waals surface area (Å²) < 4.78 is 5.12. The van der Waals surface area contributed by atoms with Gasteiger partial charge in [-0.1, -0.05) is 6.92 Å². The summed E-state index contributed by atoms with van der Waals surface area (Å²) in [6.07, 6.45) is 5.01. The van der Waals surface area contributed by atoms with Gasteiger partial charge in [-0.25, -0.2) is 9.97 Å². The number of nitrogens with zero attached hydrogens (tertiary/aromatic N) is 2. The minimum atomic E-state index is 0.438. The van der Waals surface area contributed by atoms with Gasteiger partial charge in [-0.3, -0.25) is 0 Å². The van der Waals surface area contributed by atoms with Gasteiger partial charge in [-0.15, -0.1) is 11.3 Å². The number of nitrogens with one attached hydrogen (secondary N) is 1. The van der Waals surface area contributed by atoms with E-state index in [1.807, 2.05) is 11.6 Å². The van der Waals surface area contributed by atoms with Crippen molar-refractivity contribution in [3.63, 3.8) is 0 Å². The van der Waals surface area contributed by atoms with Gasteiger partial charge in [0.25, 0.3) is 0 Å². The van der Waals surface area contributed by atoms with Crippen LogP contribution in [0.5, 0.6) is 0 Å². The van der Waals surface area contributed by atoms with Gasteiger partial charge in [0.2, 0.25) is 0 Å². The minimum absolute atomic E-state index is 0.438. The van der Waals surface area contributed by atoms with E-state index in [2.05, 4.69) is 22.2 Å². The van der Waals surface area contributed by atoms with E-state index in [0.717, 1.165) is 18.8 Å². The molecule has 0 saturated heterocycles. The van der Waals surface area contributed by atoms with Crippen LogP contribution in [-0.4, -0.2) is 16.5 Å². The summed E-state index contributed by atoms with van der Waals surface area (Å²) in [5, 5.41) is 6.48. The fourth-order valence-electron chi connectivity index (χ4n) is 1.31. The lowest BCUT2D eigenvalue weighted by Gasteiger charge is -2.08. The predicted octanol–water partition coefficient (Wildman–Crippen LogP) is 2.02. The quantitative estimate of drug-likeness (QED) is 0.842. The Hall–Kier alpha value is -1.20. The molecule has 1 unspecified atom stereocenters. The Labute approximate surface area is 92.4 Å². The van der Waals surface area contributed by atoms with Gasteiger partial charge < -0.3 is 9.73 Å². The SMILES string of the molecule is CC(CNCc1cnco1)c1nccs1. The summed E-state index contributed by atoms with van der Waals surface area (Å²) in [6, 6.07) is 0. The predicted molar refractivity (Wildman–Crippen MR) is 58.7 cm³/mol. The normalized spacial score (nSPS) is 12.9. The molecule has 80 valence electrons. The molecule has 2 rings (SSSR count). The van der Waals surface area contributed by atoms with Crippen LogP contribution < -0.4 is 5.32 Å². The summed E-state index contributed by atoms with van der Waals surface area (Å²) in [7, 11) is 0. The van der Waals surface area contributed by atoms with E-state index >= 15 is 0 Å². The molecule has 0 spiro atoms. The topological polar surface area (TPSA) is 51.0 Å². The first-order valence-corrected chi connectivity index (χ1v) is 5.71. The van der Waals surface area contributed by atoms with Crippen LogP contribution in [0.15, 0.2) is 28.6 Å². The first-order chi connectivity index (χ1) is 7.36. The standard InChI is InChI=1S/C10H13N3OS/c1-8(10-13-2-3-15-10)4-11-5-9-6-12-7-14-9/h2-3,6-8,11H,4-5H2,1H3. The molecule has 0 aliphatic heterocycles. The third-order valence-corrected chi connectivity index (χ3v) is 3.11. The fraction of sp³-hybridized carbons (Fsp3) is 0.400. The second-order valence-electron chi connectivity index (χ2n) is 3.37. The Kier molecular flexibility index (Phi) is 3.47. The molecule has 1 N–H and O–H groups in total. The van der Waals surface area contributed by atoms with Crippen molar-refractivity contribution in [2.75, 3.05) is 6.54 Å². The van der Waals surface area contributed by atoms with Crippen molar-refractivity contribution >= 4 is 11.3 Å². The number of thiazole rings is 1. The lowest BCUT2D eigenvalue weighted by molar-refractivity contribution is 0.473. The third-order valence-electron chi connectivity index (χ3n) is 2.11. The molecule has 4 nitrogen and oxygen atoms in total. The van der Waals surface area contributed by atoms with Gasteiger partial charge in [0.05, 0.1) is 17.7 Å². The molecule has 0 saturated carbocycles. The lowest BCUT2D eigenvalue weighted by atomic mass is 10.2. The summed E-state index contributed by atoms with van der Waals surface area (Å²) in [5.74, 6) is 1.30. The Morgan fingerprint density at radius 3 is 3.20 bits per heavy atom. The molecular formula is C10H13N3OS. The Morgan fingerprint density at radius 2 is 2.53 bits per heavy atom. The van der Waals surface area contributed by atoms with E-state index < -0.39 is 0 Å². The molecular weight excluding hydrogens is 210 g/mol. The molecule has 0 aromatic carbocycles. The highest BCUT2D eigenvalue weighted by Gasteiger charge is 2.07. The van der Waals surface area contributed by atoms with E-state index in [4.69, 9.17) is 4.42 Å². The molecule has 0 radical (unpaired) electrons. The van der Waals surface area contributed by atoms with E-state index in [-0.39, 0.29) is 0 Å². The van der Waals surface area contributed by atoms with Gasteiger partial charge in [-0.05, 0) is 0 Å². The summed E-state index contributed by atoms with van der Waals surface area (Å²) in [5.41, 5.74) is 0. The molecule has 0 aliphatic rings. The molecule has 0 aliphatic carbocycles. The number of hydrogen-bond acceptors (Lipinski definition) is 5. The molecule has 5 heteroatoms. The Morgan fingerprint density at radius 1 is 1.60 bits per heavy atom. The summed E-state index contributed by atoms with van der Waals surface area (Å²) in [4.78, 5) is 8.13. The van der Waals surface area contributed by atoms with Crippen molar-refractivity contribution in [1.29, 1.82) is 0 Å². The fourth-order valence-corrected chi connectivity index (χ4v) is 2.00. The zero-order chi connectivity index (χ0) is 10.5. The number of rotatable bonds is 5. The van der Waals surface area contributed by atoms with Crippen LogP contribution in [0.2, 0.25) is 0 Å². The molecule has 0 bridgehead atoms. The van der Waals surface area contributed by atoms with Gasteiger partial charge >= 0.3 is 0 Å². The number of aromatic nitrogens is 2. The van der Waals surface area contributed by atoms with Crippen LogP contribution in [0, 0.1) is 0 Å². The van der Waals surface area contributed by atoms with Crippen LogP contribution in [0.25, 0.3) is 0 Å². The zero-order valence-electron chi connectivity index (χ0n) is 8.51. The van der Waals surface area contributed by atoms with Gasteiger partial charge in [-0.2, -0.15) is 0 Å². The highest BCUT2D eigenvalue weighted by atomic mass is 32.1. The molecule has 0 amide bonds. The van der Waals surface area contributed by atoms with Crippen LogP contribution >= 0.6 is 11.3 Å². The van der Waals surface area contributed by atoms with Crippen LogP contribution in [0.1, 0.15) is 23.6 Å². The van der Waals surface area contributed by atoms with E-state index in [1.165, 1.54) is 11.4 Å². The average Bonchev–Trinajstić information content (AvgIpc) is 2.90. The Balaban J connectivity index is 1.74. The maximum Gasteiger partial charge on any atom is 0.180 e. The maximum absolute atomic E-state index is 5.12. The minimum Gasteiger partial charge on any atom is -0.447 e. The van der Waals surface area contributed by atoms with Crippen LogP contribution in [-0.2, 0) is 6.54 Å². The zero-order valence-corrected chi connectivity index (χ0v) is 9.33. The molecule has 1 atom stereocenters. The summed E-state index contributed by atoms with van der Waals surface area (Å²) >= 11 is 1.69. The molecule has 2 heterocycles. The first kappa shape index (κ1) is 10.3. The van der Waals surface area contributed by atoms with Gasteiger partial charge in [0.15, 0.2) is 6.39 Å². The van der Waals surface area contributed by atoms with E-state index in [0.29, 0.717) is 5.92 Å². The Bertz CT molecular complexity index is 371. The van der Waals surface area contributed by atoms with Crippen molar-refractivity contribution in [2.24, 2.45) is 0 Å². The first-order valence-electron chi connectivity index (χ1n) is 4.83. The van der Waals surface area contributed by atoms with Crippen molar-refractivity contribution in [3.8, 4) is 0 Å². The van der Waals surface area contributed by atoms with Crippen molar-refractivity contribution < 1.29 is 4.42 Å². The second-order valence-corrected chi connectivity index (χ2v) is 4.30. The van der Waals surface area contributed by atoms with E-state index in [9.17, 15) is 0 Å². The monoisotopic (exact) mass is 223 g/mol. The van der Waals surface area contributed by atoms with Crippen LogP contribution in [0.4, 0.5) is 0 Å². The number of hydrogen-bond donors (Lipinski definition) is 1.